The Labute approximate surface area is 82.6 Å². The van der Waals surface area contributed by atoms with Crippen LogP contribution in [0.15, 0.2) is 17.0 Å². The zero-order chi connectivity index (χ0) is 10.4. The van der Waals surface area contributed by atoms with Crippen LogP contribution in [-0.2, 0) is 4.79 Å². The van der Waals surface area contributed by atoms with Crippen LogP contribution in [0.2, 0.25) is 0 Å². The molecule has 1 aromatic heterocycles. The molecule has 1 unspecified atom stereocenters. The number of amides is 1. The summed E-state index contributed by atoms with van der Waals surface area (Å²) in [5.41, 5.74) is 6.15. The molecule has 1 aromatic rings. The lowest BCUT2D eigenvalue weighted by molar-refractivity contribution is -0.116. The van der Waals surface area contributed by atoms with Crippen molar-refractivity contribution in [3.63, 3.8) is 0 Å². The van der Waals surface area contributed by atoms with Gasteiger partial charge in [-0.1, -0.05) is 5.16 Å². The van der Waals surface area contributed by atoms with Crippen LogP contribution in [0.3, 0.4) is 0 Å². The highest BCUT2D eigenvalue weighted by atomic mass is 16.5. The van der Waals surface area contributed by atoms with Crippen molar-refractivity contribution in [2.45, 2.75) is 32.2 Å². The average molecular weight is 197 g/mol. The number of aromatic nitrogens is 1. The second-order valence-corrected chi connectivity index (χ2v) is 3.33. The third kappa shape index (κ3) is 4.04. The topological polar surface area (TPSA) is 81.2 Å². The Morgan fingerprint density at radius 1 is 1.79 bits per heavy atom. The van der Waals surface area contributed by atoms with Gasteiger partial charge in [-0.05, 0) is 19.8 Å². The molecule has 78 valence electrons. The first-order valence-corrected chi connectivity index (χ1v) is 4.63. The van der Waals surface area contributed by atoms with Gasteiger partial charge in [0, 0.05) is 12.5 Å². The van der Waals surface area contributed by atoms with Gasteiger partial charge in [0.15, 0.2) is 0 Å². The molecular weight excluding hydrogens is 182 g/mol. The smallest absolute Gasteiger partial charge is 0.224 e. The van der Waals surface area contributed by atoms with Crippen molar-refractivity contribution in [1.29, 1.82) is 0 Å². The molecule has 1 atom stereocenters. The minimum absolute atomic E-state index is 0.0335. The normalized spacial score (nSPS) is 12.4. The molecule has 0 aromatic carbocycles. The van der Waals surface area contributed by atoms with E-state index in [1.807, 2.05) is 6.92 Å². The van der Waals surface area contributed by atoms with Gasteiger partial charge in [0.25, 0.3) is 0 Å². The van der Waals surface area contributed by atoms with E-state index in [1.165, 1.54) is 12.5 Å². The van der Waals surface area contributed by atoms with Gasteiger partial charge in [-0.2, -0.15) is 0 Å². The van der Waals surface area contributed by atoms with Gasteiger partial charge in [0.2, 0.25) is 5.91 Å². The van der Waals surface area contributed by atoms with Crippen molar-refractivity contribution < 1.29 is 9.32 Å². The molecule has 0 aliphatic rings. The van der Waals surface area contributed by atoms with Crippen LogP contribution >= 0.6 is 0 Å². The Hall–Kier alpha value is -1.36. The van der Waals surface area contributed by atoms with Gasteiger partial charge >= 0.3 is 0 Å². The molecule has 1 amide bonds. The number of nitrogens with one attached hydrogen (secondary N) is 1. The van der Waals surface area contributed by atoms with E-state index < -0.39 is 0 Å². The lowest BCUT2D eigenvalue weighted by atomic mass is 10.1. The summed E-state index contributed by atoms with van der Waals surface area (Å²) in [5.74, 6) is -0.0335. The number of nitrogens with zero attached hydrogens (tertiary/aromatic N) is 1. The Morgan fingerprint density at radius 2 is 2.57 bits per heavy atom. The van der Waals surface area contributed by atoms with Crippen molar-refractivity contribution in [2.24, 2.45) is 5.73 Å². The van der Waals surface area contributed by atoms with E-state index in [1.54, 1.807) is 0 Å². The molecular formula is C9H15N3O2. The van der Waals surface area contributed by atoms with E-state index in [0.717, 1.165) is 12.8 Å². The van der Waals surface area contributed by atoms with E-state index in [2.05, 4.69) is 15.0 Å². The summed E-state index contributed by atoms with van der Waals surface area (Å²) in [6, 6.07) is 0.151. The van der Waals surface area contributed by atoms with Gasteiger partial charge in [-0.3, -0.25) is 4.79 Å². The highest BCUT2D eigenvalue weighted by molar-refractivity contribution is 5.90. The average Bonchev–Trinajstić information content (AvgIpc) is 2.56. The van der Waals surface area contributed by atoms with Crippen LogP contribution in [0, 0.1) is 0 Å². The number of hydrogen-bond donors (Lipinski definition) is 2. The fourth-order valence-electron chi connectivity index (χ4n) is 1.07. The Morgan fingerprint density at radius 3 is 3.14 bits per heavy atom. The second-order valence-electron chi connectivity index (χ2n) is 3.33. The summed E-state index contributed by atoms with van der Waals surface area (Å²) in [6.45, 7) is 1.93. The number of nitrogens with two attached hydrogens (primary N) is 1. The second kappa shape index (κ2) is 5.39. The Bertz CT molecular complexity index is 270. The summed E-state index contributed by atoms with van der Waals surface area (Å²) >= 11 is 0. The third-order valence-corrected chi connectivity index (χ3v) is 1.78. The minimum atomic E-state index is -0.0335. The summed E-state index contributed by atoms with van der Waals surface area (Å²) < 4.78 is 4.57. The zero-order valence-electron chi connectivity index (χ0n) is 8.19. The summed E-state index contributed by atoms with van der Waals surface area (Å²) in [6.07, 6.45) is 4.99. The van der Waals surface area contributed by atoms with Crippen LogP contribution in [0.4, 0.5) is 5.69 Å². The van der Waals surface area contributed by atoms with Crippen LogP contribution in [0.1, 0.15) is 26.2 Å². The monoisotopic (exact) mass is 197 g/mol. The quantitative estimate of drug-likeness (QED) is 0.741. The molecule has 5 nitrogen and oxygen atoms in total. The predicted molar refractivity (Wildman–Crippen MR) is 52.6 cm³/mol. The number of carbonyl (C=O) groups is 1. The lowest BCUT2D eigenvalue weighted by Gasteiger charge is -2.04. The highest BCUT2D eigenvalue weighted by Crippen LogP contribution is 2.06. The Balaban J connectivity index is 2.17. The van der Waals surface area contributed by atoms with Crippen molar-refractivity contribution in [2.75, 3.05) is 5.32 Å². The molecule has 0 saturated heterocycles. The van der Waals surface area contributed by atoms with Gasteiger partial charge in [0.1, 0.15) is 12.0 Å². The molecule has 5 heteroatoms. The van der Waals surface area contributed by atoms with Crippen molar-refractivity contribution in [3.05, 3.63) is 12.5 Å². The maximum Gasteiger partial charge on any atom is 0.224 e. The van der Waals surface area contributed by atoms with Crippen LogP contribution < -0.4 is 11.1 Å². The fourth-order valence-corrected chi connectivity index (χ4v) is 1.07. The molecule has 0 spiro atoms. The van der Waals surface area contributed by atoms with Crippen molar-refractivity contribution >= 4 is 11.6 Å². The SMILES string of the molecule is CC(N)CCCC(=O)Nc1cnoc1. The number of rotatable bonds is 5. The number of carbonyl (C=O) groups excluding carboxylic acids is 1. The number of hydrogen-bond acceptors (Lipinski definition) is 4. The largest absolute Gasteiger partial charge is 0.363 e. The molecule has 0 aliphatic heterocycles. The zero-order valence-corrected chi connectivity index (χ0v) is 8.19. The molecule has 0 aliphatic carbocycles. The summed E-state index contributed by atoms with van der Waals surface area (Å²) in [5, 5.41) is 6.13. The molecule has 14 heavy (non-hydrogen) atoms. The number of anilines is 1. The molecule has 0 radical (unpaired) electrons. The molecule has 1 rings (SSSR count). The van der Waals surface area contributed by atoms with E-state index in [9.17, 15) is 4.79 Å². The van der Waals surface area contributed by atoms with Gasteiger partial charge < -0.3 is 15.6 Å². The first-order valence-electron chi connectivity index (χ1n) is 4.63. The Kier molecular flexibility index (Phi) is 4.12. The first kappa shape index (κ1) is 10.7. The van der Waals surface area contributed by atoms with Crippen molar-refractivity contribution in [1.82, 2.24) is 5.16 Å². The summed E-state index contributed by atoms with van der Waals surface area (Å²) in [4.78, 5) is 11.3. The lowest BCUT2D eigenvalue weighted by Crippen LogP contribution is -2.16. The fraction of sp³-hybridized carbons (Fsp3) is 0.556. The molecule has 0 bridgehead atoms. The molecule has 1 heterocycles. The minimum Gasteiger partial charge on any atom is -0.363 e. The standard InChI is InChI=1S/C9H15N3O2/c1-7(10)3-2-4-9(13)12-8-5-11-14-6-8/h5-7H,2-4,10H2,1H3,(H,12,13). The van der Waals surface area contributed by atoms with Gasteiger partial charge in [0.05, 0.1) is 6.20 Å². The highest BCUT2D eigenvalue weighted by Gasteiger charge is 2.04. The van der Waals surface area contributed by atoms with Crippen LogP contribution in [0.25, 0.3) is 0 Å². The van der Waals surface area contributed by atoms with Crippen LogP contribution in [0.5, 0.6) is 0 Å². The molecule has 0 fully saturated rings. The maximum atomic E-state index is 11.3. The predicted octanol–water partition coefficient (Wildman–Crippen LogP) is 1.13. The van der Waals surface area contributed by atoms with Gasteiger partial charge in [-0.15, -0.1) is 0 Å². The molecule has 3 N–H and O–H groups in total. The first-order chi connectivity index (χ1) is 6.68. The van der Waals surface area contributed by atoms with Crippen LogP contribution in [-0.4, -0.2) is 17.1 Å². The van der Waals surface area contributed by atoms with E-state index in [0.29, 0.717) is 12.1 Å². The molecule has 0 saturated carbocycles. The van der Waals surface area contributed by atoms with E-state index >= 15 is 0 Å². The van der Waals surface area contributed by atoms with Gasteiger partial charge in [-0.25, -0.2) is 0 Å². The third-order valence-electron chi connectivity index (χ3n) is 1.78. The van der Waals surface area contributed by atoms with Crippen molar-refractivity contribution in [3.8, 4) is 0 Å². The van der Waals surface area contributed by atoms with E-state index in [4.69, 9.17) is 5.73 Å². The maximum absolute atomic E-state index is 11.3. The van der Waals surface area contributed by atoms with E-state index in [-0.39, 0.29) is 11.9 Å². The summed E-state index contributed by atoms with van der Waals surface area (Å²) in [7, 11) is 0.